The number of nitrogens with one attached hydrogen (secondary N) is 1. The van der Waals surface area contributed by atoms with Gasteiger partial charge < -0.3 is 19.8 Å². The van der Waals surface area contributed by atoms with E-state index in [2.05, 4.69) is 43.5 Å². The van der Waals surface area contributed by atoms with Crippen LogP contribution >= 0.6 is 7.82 Å². The predicted octanol–water partition coefficient (Wildman–Crippen LogP) is 10.4. The van der Waals surface area contributed by atoms with Gasteiger partial charge in [0.2, 0.25) is 5.91 Å². The Labute approximate surface area is 302 Å². The zero-order valence-corrected chi connectivity index (χ0v) is 33.3. The summed E-state index contributed by atoms with van der Waals surface area (Å²) < 4.78 is 23.4. The summed E-state index contributed by atoms with van der Waals surface area (Å²) in [6.07, 6.45) is 37.9. The summed E-state index contributed by atoms with van der Waals surface area (Å²) >= 11 is 0. The van der Waals surface area contributed by atoms with Crippen molar-refractivity contribution in [1.82, 2.24) is 5.32 Å². The molecule has 0 aromatic carbocycles. The van der Waals surface area contributed by atoms with Crippen LogP contribution in [-0.2, 0) is 18.4 Å². The zero-order chi connectivity index (χ0) is 36.5. The van der Waals surface area contributed by atoms with Gasteiger partial charge >= 0.3 is 7.82 Å². The molecule has 288 valence electrons. The van der Waals surface area contributed by atoms with Crippen molar-refractivity contribution < 1.29 is 32.9 Å². The minimum absolute atomic E-state index is 0.0540. The van der Waals surface area contributed by atoms with Crippen molar-refractivity contribution in [3.05, 3.63) is 36.5 Å². The lowest BCUT2D eigenvalue weighted by atomic mass is 10.0. The number of unbranched alkanes of at least 4 members (excludes halogenated alkanes) is 18. The van der Waals surface area contributed by atoms with Crippen molar-refractivity contribution in [3.8, 4) is 0 Å². The van der Waals surface area contributed by atoms with Crippen molar-refractivity contribution >= 4 is 13.7 Å². The van der Waals surface area contributed by atoms with Gasteiger partial charge in [0.15, 0.2) is 0 Å². The highest BCUT2D eigenvalue weighted by atomic mass is 31.2. The normalized spacial score (nSPS) is 15.0. The highest BCUT2D eigenvalue weighted by Crippen LogP contribution is 2.43. The fourth-order valence-corrected chi connectivity index (χ4v) is 6.17. The molecule has 8 nitrogen and oxygen atoms in total. The van der Waals surface area contributed by atoms with E-state index in [0.717, 1.165) is 51.4 Å². The number of rotatable bonds is 35. The van der Waals surface area contributed by atoms with E-state index < -0.39 is 20.0 Å². The summed E-state index contributed by atoms with van der Waals surface area (Å²) in [6.45, 7) is 4.65. The number of amides is 1. The Morgan fingerprint density at radius 3 is 1.61 bits per heavy atom. The first-order valence-electron chi connectivity index (χ1n) is 19.9. The number of hydrogen-bond acceptors (Lipinski definition) is 5. The summed E-state index contributed by atoms with van der Waals surface area (Å²) in [5, 5.41) is 13.7. The van der Waals surface area contributed by atoms with Crippen LogP contribution in [0.3, 0.4) is 0 Å². The molecule has 0 aromatic heterocycles. The quantitative estimate of drug-likeness (QED) is 0.0261. The van der Waals surface area contributed by atoms with Crippen molar-refractivity contribution in [2.24, 2.45) is 0 Å². The Morgan fingerprint density at radius 1 is 0.694 bits per heavy atom. The highest BCUT2D eigenvalue weighted by Gasteiger charge is 2.27. The van der Waals surface area contributed by atoms with E-state index >= 15 is 0 Å². The van der Waals surface area contributed by atoms with Gasteiger partial charge in [-0.3, -0.25) is 13.8 Å². The van der Waals surface area contributed by atoms with Gasteiger partial charge in [0.1, 0.15) is 13.2 Å². The van der Waals surface area contributed by atoms with E-state index in [1.807, 2.05) is 27.2 Å². The van der Waals surface area contributed by atoms with Gasteiger partial charge in [0.25, 0.3) is 0 Å². The molecular formula is C40H78N2O6P+. The van der Waals surface area contributed by atoms with Crippen LogP contribution in [0.1, 0.15) is 162 Å². The maximum absolute atomic E-state index is 12.8. The average Bonchev–Trinajstić information content (AvgIpc) is 3.04. The second-order valence-corrected chi connectivity index (χ2v) is 16.1. The first-order valence-corrected chi connectivity index (χ1v) is 21.4. The molecule has 0 aliphatic heterocycles. The number of quaternary nitrogens is 1. The van der Waals surface area contributed by atoms with Crippen LogP contribution in [-0.4, -0.2) is 73.4 Å². The van der Waals surface area contributed by atoms with Gasteiger partial charge in [-0.2, -0.15) is 0 Å². The Morgan fingerprint density at radius 2 is 1.14 bits per heavy atom. The Hall–Kier alpha value is -1.28. The van der Waals surface area contributed by atoms with Crippen molar-refractivity contribution in [1.29, 1.82) is 0 Å². The predicted molar refractivity (Wildman–Crippen MR) is 208 cm³/mol. The van der Waals surface area contributed by atoms with Gasteiger partial charge in [0.05, 0.1) is 39.9 Å². The number of carbonyl (C=O) groups is 1. The molecule has 0 aromatic rings. The molecule has 0 saturated carbocycles. The van der Waals surface area contributed by atoms with E-state index in [9.17, 15) is 19.4 Å². The molecule has 9 heteroatoms. The van der Waals surface area contributed by atoms with Crippen LogP contribution in [0.25, 0.3) is 0 Å². The number of carbonyl (C=O) groups excluding carboxylic acids is 1. The summed E-state index contributed by atoms with van der Waals surface area (Å²) in [5.41, 5.74) is 0. The van der Waals surface area contributed by atoms with Crippen LogP contribution < -0.4 is 5.32 Å². The fourth-order valence-electron chi connectivity index (χ4n) is 5.43. The lowest BCUT2D eigenvalue weighted by Gasteiger charge is -2.25. The number of phosphoric acid groups is 1. The largest absolute Gasteiger partial charge is 0.472 e. The first kappa shape index (κ1) is 47.7. The first-order chi connectivity index (χ1) is 23.5. The van der Waals surface area contributed by atoms with Crippen molar-refractivity contribution in [2.75, 3.05) is 40.9 Å². The molecule has 0 radical (unpaired) electrons. The van der Waals surface area contributed by atoms with E-state index in [1.54, 1.807) is 6.08 Å². The maximum Gasteiger partial charge on any atom is 0.472 e. The monoisotopic (exact) mass is 714 g/mol. The minimum atomic E-state index is -4.34. The number of aliphatic hydroxyl groups is 1. The lowest BCUT2D eigenvalue weighted by molar-refractivity contribution is -0.870. The smallest absolute Gasteiger partial charge is 0.387 e. The number of phosphoric ester groups is 1. The van der Waals surface area contributed by atoms with Gasteiger partial charge in [-0.05, 0) is 38.5 Å². The molecule has 3 N–H and O–H groups in total. The maximum atomic E-state index is 12.8. The molecule has 0 aliphatic rings. The molecule has 0 heterocycles. The number of allylic oxidation sites excluding steroid dienone is 5. The zero-order valence-electron chi connectivity index (χ0n) is 32.4. The number of aliphatic hydroxyl groups excluding tert-OH is 1. The third kappa shape index (κ3) is 34.9. The molecule has 3 atom stereocenters. The topological polar surface area (TPSA) is 105 Å². The highest BCUT2D eigenvalue weighted by molar-refractivity contribution is 7.47. The number of likely N-dealkylation sites (N-methyl/N-ethyl adjacent to an activating group) is 1. The van der Waals surface area contributed by atoms with E-state index in [1.165, 1.54) is 89.9 Å². The van der Waals surface area contributed by atoms with Crippen LogP contribution in [0, 0.1) is 0 Å². The van der Waals surface area contributed by atoms with E-state index in [4.69, 9.17) is 9.05 Å². The van der Waals surface area contributed by atoms with Crippen LogP contribution in [0.15, 0.2) is 36.5 Å². The molecule has 0 fully saturated rings. The summed E-state index contributed by atoms with van der Waals surface area (Å²) in [4.78, 5) is 23.0. The third-order valence-electron chi connectivity index (χ3n) is 8.60. The molecular weight excluding hydrogens is 635 g/mol. The molecule has 1 amide bonds. The van der Waals surface area contributed by atoms with E-state index in [0.29, 0.717) is 17.4 Å². The SMILES string of the molecule is CC/C=C/CC/C=C/CC/C=C/C(O)C(COP(=O)(O)OCC[N+](C)(C)C)NC(=O)CCCCCCCCCCCCCCCCCCC. The average molecular weight is 714 g/mol. The van der Waals surface area contributed by atoms with Crippen LogP contribution in [0.2, 0.25) is 0 Å². The Bertz CT molecular complexity index is 902. The molecule has 0 spiro atoms. The standard InChI is InChI=1S/C40H77N2O6P/c1-6-8-10-12-14-16-18-19-20-21-22-23-24-26-28-30-32-34-40(44)41-38(37-48-49(45,46)47-36-35-42(3,4)5)39(43)33-31-29-27-25-17-15-13-11-9-7-2/h9,11,17,25,31,33,38-39,43H,6-8,10,12-16,18-24,26-30,32,34-37H2,1-5H3,(H-,41,44,45,46)/p+1/b11-9+,25-17+,33-31+. The van der Waals surface area contributed by atoms with E-state index in [-0.39, 0.29) is 19.1 Å². The summed E-state index contributed by atoms with van der Waals surface area (Å²) in [5.74, 6) is -0.194. The fraction of sp³-hybridized carbons (Fsp3) is 0.825. The Kier molecular flexibility index (Phi) is 31.8. The number of nitrogens with zero attached hydrogens (tertiary/aromatic N) is 1. The molecule has 0 bridgehead atoms. The van der Waals surface area contributed by atoms with Crippen LogP contribution in [0.4, 0.5) is 0 Å². The molecule has 0 aliphatic carbocycles. The van der Waals surface area contributed by atoms with Gasteiger partial charge in [-0.25, -0.2) is 4.57 Å². The second kappa shape index (κ2) is 32.6. The lowest BCUT2D eigenvalue weighted by Crippen LogP contribution is -2.45. The molecule has 0 rings (SSSR count). The van der Waals surface area contributed by atoms with Crippen molar-refractivity contribution in [2.45, 2.75) is 174 Å². The minimum Gasteiger partial charge on any atom is -0.387 e. The summed E-state index contributed by atoms with van der Waals surface area (Å²) in [6, 6.07) is -0.863. The van der Waals surface area contributed by atoms with Gasteiger partial charge in [-0.15, -0.1) is 0 Å². The molecule has 0 saturated heterocycles. The Balaban J connectivity index is 4.44. The second-order valence-electron chi connectivity index (χ2n) is 14.6. The van der Waals surface area contributed by atoms with Crippen molar-refractivity contribution in [3.63, 3.8) is 0 Å². The molecule has 49 heavy (non-hydrogen) atoms. The van der Waals surface area contributed by atoms with Gasteiger partial charge in [0, 0.05) is 6.42 Å². The third-order valence-corrected chi connectivity index (χ3v) is 9.59. The van der Waals surface area contributed by atoms with Gasteiger partial charge in [-0.1, -0.05) is 153 Å². The number of hydrogen-bond donors (Lipinski definition) is 3. The van der Waals surface area contributed by atoms with Crippen LogP contribution in [0.5, 0.6) is 0 Å². The molecule has 3 unspecified atom stereocenters. The summed E-state index contributed by atoms with van der Waals surface area (Å²) in [7, 11) is 1.54.